The van der Waals surface area contributed by atoms with E-state index in [1.807, 2.05) is 13.8 Å². The van der Waals surface area contributed by atoms with Gasteiger partial charge in [0, 0.05) is 23.9 Å². The number of carbonyl (C=O) groups excluding carboxylic acids is 2. The molecule has 7 rings (SSSR count). The summed E-state index contributed by atoms with van der Waals surface area (Å²) in [5.41, 5.74) is 5.58. The number of nitrogens with one attached hydrogen (secondary N) is 2. The third kappa shape index (κ3) is 3.93. The number of ether oxygens (including phenoxy) is 3. The second-order valence-corrected chi connectivity index (χ2v) is 17.6. The Bertz CT molecular complexity index is 1190. The number of nitrogens with two attached hydrogens (primary N) is 1. The number of hydrogen-bond acceptors (Lipinski definition) is 7. The first-order valence-corrected chi connectivity index (χ1v) is 17.6. The molecule has 7 fully saturated rings. The van der Waals surface area contributed by atoms with Crippen molar-refractivity contribution in [2.75, 3.05) is 13.1 Å². The number of alkyl carbamates (subject to hydrolysis) is 1. The van der Waals surface area contributed by atoms with Gasteiger partial charge in [-0.05, 0) is 97.2 Å². The standard InChI is InChI=1S/C35H57N3O6/c1-18(2)26(44-29(36)40)21-14-19(3)25-27(42-21)28(39)33(7)23-9-8-22-31(4,5)24(43-30(41)38-20-15-37-16-20)10-11-34(22)17-35(23,34)13-12-32(25,33)6/h18-28,37,39H,8-17H2,1-7H3,(H2,36,40)(H,38,41)/t19-,21?,22?,23?,24?,25+,26?,27?,28+,32?,33-,34?,35?/m1/s1. The van der Waals surface area contributed by atoms with Gasteiger partial charge >= 0.3 is 12.2 Å². The van der Waals surface area contributed by atoms with Crippen molar-refractivity contribution in [1.29, 1.82) is 0 Å². The molecule has 44 heavy (non-hydrogen) atoms. The van der Waals surface area contributed by atoms with Crippen molar-refractivity contribution in [3.8, 4) is 0 Å². The predicted octanol–water partition coefficient (Wildman–Crippen LogP) is 4.99. The number of rotatable bonds is 5. The fourth-order valence-electron chi connectivity index (χ4n) is 13.2. The summed E-state index contributed by atoms with van der Waals surface area (Å²) in [7, 11) is 0. The summed E-state index contributed by atoms with van der Waals surface area (Å²) in [5, 5.41) is 18.7. The molecule has 2 aliphatic heterocycles. The van der Waals surface area contributed by atoms with Gasteiger partial charge in [0.2, 0.25) is 0 Å². The van der Waals surface area contributed by atoms with Crippen LogP contribution < -0.4 is 16.4 Å². The monoisotopic (exact) mass is 615 g/mol. The molecule has 0 radical (unpaired) electrons. The Hall–Kier alpha value is -1.58. The third-order valence-electron chi connectivity index (χ3n) is 15.4. The lowest BCUT2D eigenvalue weighted by atomic mass is 9.41. The Morgan fingerprint density at radius 1 is 1.02 bits per heavy atom. The fourth-order valence-corrected chi connectivity index (χ4v) is 13.2. The highest BCUT2D eigenvalue weighted by Gasteiger charge is 2.84. The van der Waals surface area contributed by atoms with Crippen molar-refractivity contribution < 1.29 is 28.9 Å². The summed E-state index contributed by atoms with van der Waals surface area (Å²) in [6, 6.07) is 0.176. The largest absolute Gasteiger partial charge is 0.446 e. The van der Waals surface area contributed by atoms with Crippen LogP contribution in [0.4, 0.5) is 9.59 Å². The van der Waals surface area contributed by atoms with Crippen LogP contribution >= 0.6 is 0 Å². The number of carbonyl (C=O) groups is 2. The van der Waals surface area contributed by atoms with E-state index in [2.05, 4.69) is 45.3 Å². The number of amides is 2. The van der Waals surface area contributed by atoms with Crippen LogP contribution in [0.25, 0.3) is 0 Å². The molecular weight excluding hydrogens is 558 g/mol. The molecule has 9 nitrogen and oxygen atoms in total. The van der Waals surface area contributed by atoms with Crippen LogP contribution in [0, 0.1) is 56.7 Å². The third-order valence-corrected chi connectivity index (χ3v) is 15.4. The van der Waals surface area contributed by atoms with Gasteiger partial charge in [0.1, 0.15) is 12.2 Å². The molecule has 0 aromatic heterocycles. The second-order valence-electron chi connectivity index (χ2n) is 17.6. The number of aliphatic hydroxyl groups excluding tert-OH is 1. The van der Waals surface area contributed by atoms with Crippen molar-refractivity contribution in [2.45, 2.75) is 136 Å². The zero-order valence-electron chi connectivity index (χ0n) is 28.0. The quantitative estimate of drug-likeness (QED) is 0.343. The molecule has 9 heteroatoms. The van der Waals surface area contributed by atoms with Gasteiger partial charge in [0.15, 0.2) is 0 Å². The van der Waals surface area contributed by atoms with E-state index in [-0.39, 0.29) is 69.4 Å². The maximum atomic E-state index is 12.8. The Kier molecular flexibility index (Phi) is 7.03. The van der Waals surface area contributed by atoms with Crippen molar-refractivity contribution in [3.63, 3.8) is 0 Å². The Morgan fingerprint density at radius 3 is 2.34 bits per heavy atom. The average molecular weight is 616 g/mol. The van der Waals surface area contributed by atoms with Gasteiger partial charge in [-0.25, -0.2) is 9.59 Å². The van der Waals surface area contributed by atoms with Crippen LogP contribution in [0.3, 0.4) is 0 Å². The van der Waals surface area contributed by atoms with Crippen LogP contribution in [0.1, 0.15) is 99.8 Å². The average Bonchev–Trinajstić information content (AvgIpc) is 3.55. The van der Waals surface area contributed by atoms with E-state index in [1.165, 1.54) is 12.8 Å². The first kappa shape index (κ1) is 31.0. The van der Waals surface area contributed by atoms with Crippen LogP contribution in [0.5, 0.6) is 0 Å². The zero-order chi connectivity index (χ0) is 31.6. The molecule has 0 aromatic carbocycles. The number of aliphatic hydroxyl groups is 1. The van der Waals surface area contributed by atoms with Crippen molar-refractivity contribution in [2.24, 2.45) is 62.4 Å². The molecule has 2 spiro atoms. The van der Waals surface area contributed by atoms with Gasteiger partial charge in [-0.15, -0.1) is 0 Å². The number of fused-ring (bicyclic) bond motifs is 4. The zero-order valence-corrected chi connectivity index (χ0v) is 28.0. The van der Waals surface area contributed by atoms with Gasteiger partial charge in [-0.1, -0.05) is 48.5 Å². The van der Waals surface area contributed by atoms with E-state index in [9.17, 15) is 14.7 Å². The van der Waals surface area contributed by atoms with Gasteiger partial charge < -0.3 is 35.7 Å². The maximum Gasteiger partial charge on any atom is 0.407 e. The normalized spacial score (nSPS) is 50.9. The minimum absolute atomic E-state index is 0.0316. The molecule has 13 atom stereocenters. The maximum absolute atomic E-state index is 12.8. The predicted molar refractivity (Wildman–Crippen MR) is 165 cm³/mol. The van der Waals surface area contributed by atoms with E-state index in [0.29, 0.717) is 17.8 Å². The van der Waals surface area contributed by atoms with Crippen molar-refractivity contribution >= 4 is 12.2 Å². The minimum Gasteiger partial charge on any atom is -0.446 e. The van der Waals surface area contributed by atoms with Gasteiger partial charge in [-0.3, -0.25) is 0 Å². The Morgan fingerprint density at radius 2 is 1.70 bits per heavy atom. The molecule has 0 bridgehead atoms. The first-order chi connectivity index (χ1) is 20.6. The van der Waals surface area contributed by atoms with Crippen LogP contribution in [0.15, 0.2) is 0 Å². The highest BCUT2D eigenvalue weighted by Crippen LogP contribution is 2.89. The fraction of sp³-hybridized carbons (Fsp3) is 0.943. The summed E-state index contributed by atoms with van der Waals surface area (Å²) >= 11 is 0. The van der Waals surface area contributed by atoms with Crippen molar-refractivity contribution in [1.82, 2.24) is 10.6 Å². The first-order valence-electron chi connectivity index (χ1n) is 17.6. The van der Waals surface area contributed by atoms with Crippen LogP contribution in [0.2, 0.25) is 0 Å². The lowest BCUT2D eigenvalue weighted by Crippen LogP contribution is -2.60. The second kappa shape index (κ2) is 9.96. The highest BCUT2D eigenvalue weighted by molar-refractivity contribution is 5.68. The smallest absolute Gasteiger partial charge is 0.407 e. The molecule has 5 aliphatic carbocycles. The molecule has 9 unspecified atom stereocenters. The Labute approximate surface area is 263 Å². The summed E-state index contributed by atoms with van der Waals surface area (Å²) < 4.78 is 18.6. The lowest BCUT2D eigenvalue weighted by Gasteiger charge is -2.63. The van der Waals surface area contributed by atoms with E-state index in [1.54, 1.807) is 0 Å². The van der Waals surface area contributed by atoms with Crippen LogP contribution in [-0.4, -0.2) is 66.9 Å². The minimum atomic E-state index is -0.765. The summed E-state index contributed by atoms with van der Waals surface area (Å²) in [4.78, 5) is 24.6. The lowest BCUT2D eigenvalue weighted by molar-refractivity contribution is -0.184. The summed E-state index contributed by atoms with van der Waals surface area (Å²) in [6.07, 6.45) is 5.93. The van der Waals surface area contributed by atoms with E-state index < -0.39 is 18.3 Å². The molecule has 2 saturated heterocycles. The Balaban J connectivity index is 1.14. The highest BCUT2D eigenvalue weighted by atomic mass is 16.6. The molecule has 5 saturated carbocycles. The SMILES string of the molecule is CC(C)C(OC(N)=O)C1C[C@@H](C)[C@H]2C(O1)[C@H](O)[C@@]1(C)C3CCC4C(C)(C)C(OC(=O)NC5CNC5)CCC45CC35CCC21C. The van der Waals surface area contributed by atoms with Crippen molar-refractivity contribution in [3.05, 3.63) is 0 Å². The molecule has 2 heterocycles. The van der Waals surface area contributed by atoms with E-state index >= 15 is 0 Å². The topological polar surface area (TPSA) is 132 Å². The number of primary amides is 1. The summed E-state index contributed by atoms with van der Waals surface area (Å²) in [6.45, 7) is 17.6. The molecule has 7 aliphatic rings. The van der Waals surface area contributed by atoms with E-state index in [4.69, 9.17) is 19.9 Å². The van der Waals surface area contributed by atoms with Gasteiger partial charge in [-0.2, -0.15) is 0 Å². The van der Waals surface area contributed by atoms with Crippen LogP contribution in [-0.2, 0) is 14.2 Å². The van der Waals surface area contributed by atoms with Gasteiger partial charge in [0.25, 0.3) is 0 Å². The molecule has 0 aromatic rings. The summed E-state index contributed by atoms with van der Waals surface area (Å²) in [5.74, 6) is 1.61. The number of hydrogen-bond donors (Lipinski definition) is 4. The molecule has 5 N–H and O–H groups in total. The van der Waals surface area contributed by atoms with E-state index in [0.717, 1.165) is 51.6 Å². The molecule has 2 amide bonds. The van der Waals surface area contributed by atoms with Gasteiger partial charge in [0.05, 0.1) is 24.4 Å². The molecular formula is C35H57N3O6. The molecule has 248 valence electrons.